The fraction of sp³-hybridized carbons (Fsp3) is 0.450. The van der Waals surface area contributed by atoms with Crippen molar-refractivity contribution in [2.24, 2.45) is 0 Å². The third-order valence-electron chi connectivity index (χ3n) is 4.75. The quantitative estimate of drug-likeness (QED) is 0.821. The van der Waals surface area contributed by atoms with Crippen LogP contribution in [-0.4, -0.2) is 48.3 Å². The van der Waals surface area contributed by atoms with Crippen molar-refractivity contribution in [1.29, 1.82) is 0 Å². The molecule has 1 aromatic carbocycles. The van der Waals surface area contributed by atoms with Crippen LogP contribution in [-0.2, 0) is 19.0 Å². The summed E-state index contributed by atoms with van der Waals surface area (Å²) in [6.07, 6.45) is -2.44. The molecule has 3 heterocycles. The minimum atomic E-state index is -1.06. The largest absolute Gasteiger partial charge is 0.464 e. The SMILES string of the molecule is CC(=O)N[C@@H]1[C@H](Oc2cccc(C)c2)O[C@@H]2CO[C@H](c3ccco3)O[C@@H]2[C@@H]1O. The molecule has 4 rings (SSSR count). The second-order valence-electron chi connectivity index (χ2n) is 6.98. The van der Waals surface area contributed by atoms with Gasteiger partial charge in [-0.25, -0.2) is 0 Å². The molecule has 0 radical (unpaired) electrons. The summed E-state index contributed by atoms with van der Waals surface area (Å²) in [5.74, 6) is 0.774. The van der Waals surface area contributed by atoms with Gasteiger partial charge < -0.3 is 33.8 Å². The molecule has 2 fully saturated rings. The Labute approximate surface area is 162 Å². The Morgan fingerprint density at radius 3 is 2.82 bits per heavy atom. The Hall–Kier alpha value is -2.39. The Morgan fingerprint density at radius 2 is 2.11 bits per heavy atom. The first-order valence-electron chi connectivity index (χ1n) is 9.15. The highest BCUT2D eigenvalue weighted by Gasteiger charge is 2.51. The van der Waals surface area contributed by atoms with Crippen molar-refractivity contribution in [1.82, 2.24) is 5.32 Å². The number of aryl methyl sites for hydroxylation is 1. The molecule has 8 heteroatoms. The Kier molecular flexibility index (Phi) is 5.36. The molecule has 2 aliphatic rings. The maximum Gasteiger partial charge on any atom is 0.223 e. The summed E-state index contributed by atoms with van der Waals surface area (Å²) in [6, 6.07) is 10.1. The van der Waals surface area contributed by atoms with Crippen LogP contribution in [0.1, 0.15) is 24.5 Å². The molecule has 0 unspecified atom stereocenters. The molecule has 0 saturated carbocycles. The van der Waals surface area contributed by atoms with Gasteiger partial charge in [0.05, 0.1) is 12.9 Å². The molecule has 2 aliphatic heterocycles. The van der Waals surface area contributed by atoms with Gasteiger partial charge in [-0.15, -0.1) is 0 Å². The summed E-state index contributed by atoms with van der Waals surface area (Å²) in [6.45, 7) is 3.51. The van der Waals surface area contributed by atoms with Crippen LogP contribution in [0.5, 0.6) is 5.75 Å². The number of carbonyl (C=O) groups is 1. The second-order valence-corrected chi connectivity index (χ2v) is 6.98. The van der Waals surface area contributed by atoms with Crippen molar-refractivity contribution in [3.8, 4) is 5.75 Å². The lowest BCUT2D eigenvalue weighted by molar-refractivity contribution is -0.336. The average molecular weight is 389 g/mol. The van der Waals surface area contributed by atoms with Gasteiger partial charge in [0, 0.05) is 6.92 Å². The zero-order valence-corrected chi connectivity index (χ0v) is 15.6. The number of carbonyl (C=O) groups excluding carboxylic acids is 1. The predicted octanol–water partition coefficient (Wildman–Crippen LogP) is 1.67. The number of furan rings is 1. The average Bonchev–Trinajstić information content (AvgIpc) is 3.19. The van der Waals surface area contributed by atoms with Gasteiger partial charge in [0.25, 0.3) is 0 Å². The summed E-state index contributed by atoms with van der Waals surface area (Å²) in [4.78, 5) is 11.7. The number of rotatable bonds is 4. The molecule has 2 aromatic rings. The molecule has 28 heavy (non-hydrogen) atoms. The van der Waals surface area contributed by atoms with Gasteiger partial charge in [-0.1, -0.05) is 12.1 Å². The minimum Gasteiger partial charge on any atom is -0.464 e. The van der Waals surface area contributed by atoms with Gasteiger partial charge in [-0.05, 0) is 36.8 Å². The number of hydrogen-bond donors (Lipinski definition) is 2. The fourth-order valence-electron chi connectivity index (χ4n) is 3.47. The molecular weight excluding hydrogens is 366 g/mol. The van der Waals surface area contributed by atoms with E-state index in [1.807, 2.05) is 25.1 Å². The lowest BCUT2D eigenvalue weighted by Crippen LogP contribution is -2.67. The predicted molar refractivity (Wildman–Crippen MR) is 96.4 cm³/mol. The van der Waals surface area contributed by atoms with E-state index in [0.29, 0.717) is 11.5 Å². The Bertz CT molecular complexity index is 809. The lowest BCUT2D eigenvalue weighted by atomic mass is 9.96. The van der Waals surface area contributed by atoms with Gasteiger partial charge in [0.15, 0.2) is 5.76 Å². The zero-order valence-electron chi connectivity index (χ0n) is 15.6. The minimum absolute atomic E-state index is 0.188. The normalized spacial score (nSPS) is 32.4. The van der Waals surface area contributed by atoms with Gasteiger partial charge in [0.2, 0.25) is 18.5 Å². The van der Waals surface area contributed by atoms with Crippen molar-refractivity contribution < 1.29 is 33.3 Å². The maximum absolute atomic E-state index is 11.7. The number of ether oxygens (including phenoxy) is 4. The summed E-state index contributed by atoms with van der Waals surface area (Å²) in [5.41, 5.74) is 1.02. The topological polar surface area (TPSA) is 99.4 Å². The smallest absolute Gasteiger partial charge is 0.223 e. The van der Waals surface area contributed by atoms with Gasteiger partial charge in [-0.3, -0.25) is 4.79 Å². The summed E-state index contributed by atoms with van der Waals surface area (Å²) in [7, 11) is 0. The Morgan fingerprint density at radius 1 is 1.25 bits per heavy atom. The molecular formula is C20H23NO7. The lowest BCUT2D eigenvalue weighted by Gasteiger charge is -2.47. The van der Waals surface area contributed by atoms with E-state index in [1.54, 1.807) is 18.2 Å². The number of hydrogen-bond acceptors (Lipinski definition) is 7. The fourth-order valence-corrected chi connectivity index (χ4v) is 3.47. The van der Waals surface area contributed by atoms with E-state index in [1.165, 1.54) is 13.2 Å². The molecule has 0 spiro atoms. The van der Waals surface area contributed by atoms with Crippen molar-refractivity contribution in [2.75, 3.05) is 6.61 Å². The highest BCUT2D eigenvalue weighted by molar-refractivity contribution is 5.73. The number of amides is 1. The summed E-state index contributed by atoms with van der Waals surface area (Å²) >= 11 is 0. The standard InChI is InChI=1S/C20H23NO7/c1-11-5-3-6-13(9-11)26-20-16(21-12(2)22)17(23)18-15(27-20)10-25-19(28-18)14-7-4-8-24-14/h3-9,15-20,23H,10H2,1-2H3,(H,21,22)/t15-,16+,17-,18+,19+,20-/m1/s1. The number of aliphatic hydroxyl groups is 1. The molecule has 6 atom stereocenters. The van der Waals surface area contributed by atoms with E-state index >= 15 is 0 Å². The first kappa shape index (κ1) is 18.9. The first-order valence-corrected chi connectivity index (χ1v) is 9.15. The van der Waals surface area contributed by atoms with Gasteiger partial charge in [0.1, 0.15) is 30.1 Å². The molecule has 150 valence electrons. The van der Waals surface area contributed by atoms with Crippen LogP contribution >= 0.6 is 0 Å². The monoisotopic (exact) mass is 389 g/mol. The van der Waals surface area contributed by atoms with E-state index < -0.39 is 36.9 Å². The van der Waals surface area contributed by atoms with E-state index in [0.717, 1.165) is 5.56 Å². The molecule has 1 amide bonds. The number of benzene rings is 1. The van der Waals surface area contributed by atoms with Crippen LogP contribution < -0.4 is 10.1 Å². The third kappa shape index (κ3) is 3.90. The maximum atomic E-state index is 11.7. The van der Waals surface area contributed by atoms with Crippen LogP contribution in [0.3, 0.4) is 0 Å². The highest BCUT2D eigenvalue weighted by Crippen LogP contribution is 2.35. The Balaban J connectivity index is 1.54. The first-order chi connectivity index (χ1) is 13.5. The molecule has 2 N–H and O–H groups in total. The van der Waals surface area contributed by atoms with Crippen LogP contribution in [0.4, 0.5) is 0 Å². The van der Waals surface area contributed by atoms with Crippen molar-refractivity contribution in [2.45, 2.75) is 50.8 Å². The van der Waals surface area contributed by atoms with Crippen LogP contribution in [0.25, 0.3) is 0 Å². The van der Waals surface area contributed by atoms with Gasteiger partial charge >= 0.3 is 0 Å². The van der Waals surface area contributed by atoms with E-state index in [-0.39, 0.29) is 12.5 Å². The zero-order chi connectivity index (χ0) is 19.7. The summed E-state index contributed by atoms with van der Waals surface area (Å²) in [5, 5.41) is 13.7. The van der Waals surface area contributed by atoms with E-state index in [4.69, 9.17) is 23.4 Å². The van der Waals surface area contributed by atoms with Crippen LogP contribution in [0.15, 0.2) is 47.1 Å². The third-order valence-corrected chi connectivity index (χ3v) is 4.75. The highest BCUT2D eigenvalue weighted by atomic mass is 16.8. The molecule has 1 aromatic heterocycles. The number of fused-ring (bicyclic) bond motifs is 1. The molecule has 2 saturated heterocycles. The number of aliphatic hydroxyl groups excluding tert-OH is 1. The van der Waals surface area contributed by atoms with Crippen LogP contribution in [0, 0.1) is 6.92 Å². The van der Waals surface area contributed by atoms with Gasteiger partial charge in [-0.2, -0.15) is 0 Å². The van der Waals surface area contributed by atoms with Crippen molar-refractivity contribution >= 4 is 5.91 Å². The summed E-state index contributed by atoms with van der Waals surface area (Å²) < 4.78 is 28.8. The van der Waals surface area contributed by atoms with Crippen LogP contribution in [0.2, 0.25) is 0 Å². The van der Waals surface area contributed by atoms with Crippen molar-refractivity contribution in [3.63, 3.8) is 0 Å². The van der Waals surface area contributed by atoms with Crippen molar-refractivity contribution in [3.05, 3.63) is 54.0 Å². The molecule has 0 aliphatic carbocycles. The van der Waals surface area contributed by atoms with E-state index in [2.05, 4.69) is 5.32 Å². The van der Waals surface area contributed by atoms with E-state index in [9.17, 15) is 9.90 Å². The molecule has 8 nitrogen and oxygen atoms in total. The second kappa shape index (κ2) is 7.92. The molecule has 0 bridgehead atoms. The number of nitrogens with one attached hydrogen (secondary N) is 1.